The van der Waals surface area contributed by atoms with E-state index in [-0.39, 0.29) is 6.09 Å². The number of ether oxygens (including phenoxy) is 2. The van der Waals surface area contributed by atoms with E-state index >= 15 is 0 Å². The zero-order valence-corrected chi connectivity index (χ0v) is 10.7. The zero-order chi connectivity index (χ0) is 13.2. The fourth-order valence-corrected chi connectivity index (χ4v) is 1.99. The third-order valence-electron chi connectivity index (χ3n) is 3.06. The lowest BCUT2D eigenvalue weighted by Gasteiger charge is -2.19. The summed E-state index contributed by atoms with van der Waals surface area (Å²) in [5.74, 6) is 0.779. The van der Waals surface area contributed by atoms with Crippen molar-refractivity contribution in [2.45, 2.75) is 19.1 Å². The van der Waals surface area contributed by atoms with Crippen molar-refractivity contribution in [3.63, 3.8) is 0 Å². The van der Waals surface area contributed by atoms with Gasteiger partial charge in [-0.1, -0.05) is 12.1 Å². The van der Waals surface area contributed by atoms with Crippen LogP contribution in [0.15, 0.2) is 24.3 Å². The lowest BCUT2D eigenvalue weighted by Crippen LogP contribution is -2.38. The van der Waals surface area contributed by atoms with Crippen molar-refractivity contribution in [1.82, 2.24) is 4.90 Å². The third kappa shape index (κ3) is 2.56. The van der Waals surface area contributed by atoms with Gasteiger partial charge in [-0.15, -0.1) is 0 Å². The largest absolute Gasteiger partial charge is 0.497 e. The van der Waals surface area contributed by atoms with Gasteiger partial charge in [0.15, 0.2) is 0 Å². The van der Waals surface area contributed by atoms with Crippen LogP contribution in [-0.4, -0.2) is 36.8 Å². The van der Waals surface area contributed by atoms with E-state index in [0.29, 0.717) is 19.6 Å². The summed E-state index contributed by atoms with van der Waals surface area (Å²) in [6.07, 6.45) is -0.314. The average Bonchev–Trinajstić information content (AvgIpc) is 2.65. The van der Waals surface area contributed by atoms with E-state index in [1.807, 2.05) is 31.2 Å². The molecule has 1 aromatic carbocycles. The van der Waals surface area contributed by atoms with Gasteiger partial charge >= 0.3 is 6.09 Å². The van der Waals surface area contributed by atoms with Crippen molar-refractivity contribution in [3.05, 3.63) is 29.8 Å². The molecule has 1 aliphatic rings. The number of amides is 1. The van der Waals surface area contributed by atoms with Gasteiger partial charge in [0.2, 0.25) is 0 Å². The predicted molar refractivity (Wildman–Crippen MR) is 67.3 cm³/mol. The molecule has 1 amide bonds. The van der Waals surface area contributed by atoms with Crippen LogP contribution in [-0.2, 0) is 11.3 Å². The van der Waals surface area contributed by atoms with Gasteiger partial charge in [0, 0.05) is 13.1 Å². The van der Waals surface area contributed by atoms with Crippen LogP contribution in [0.3, 0.4) is 0 Å². The number of hydrogen-bond acceptors (Lipinski definition) is 4. The monoisotopic (exact) mass is 250 g/mol. The first-order valence-corrected chi connectivity index (χ1v) is 5.87. The van der Waals surface area contributed by atoms with E-state index in [1.54, 1.807) is 12.0 Å². The van der Waals surface area contributed by atoms with Crippen LogP contribution in [0.1, 0.15) is 12.5 Å². The summed E-state index contributed by atoms with van der Waals surface area (Å²) in [4.78, 5) is 13.4. The fourth-order valence-electron chi connectivity index (χ4n) is 1.99. The Morgan fingerprint density at radius 3 is 2.94 bits per heavy atom. The number of carbonyl (C=O) groups is 1. The molecule has 1 fully saturated rings. The highest BCUT2D eigenvalue weighted by Crippen LogP contribution is 2.24. The van der Waals surface area contributed by atoms with Crippen LogP contribution in [0.4, 0.5) is 4.79 Å². The van der Waals surface area contributed by atoms with Crippen molar-refractivity contribution in [2.75, 3.05) is 20.2 Å². The molecule has 1 heterocycles. The van der Waals surface area contributed by atoms with E-state index < -0.39 is 5.60 Å². The minimum Gasteiger partial charge on any atom is -0.497 e. The number of rotatable bonds is 4. The fraction of sp³-hybridized carbons (Fsp3) is 0.462. The smallest absolute Gasteiger partial charge is 0.410 e. The summed E-state index contributed by atoms with van der Waals surface area (Å²) in [7, 11) is 1.62. The van der Waals surface area contributed by atoms with Gasteiger partial charge in [-0.05, 0) is 24.6 Å². The Kier molecular flexibility index (Phi) is 3.43. The summed E-state index contributed by atoms with van der Waals surface area (Å²) < 4.78 is 10.4. The van der Waals surface area contributed by atoms with Gasteiger partial charge in [-0.3, -0.25) is 4.90 Å². The maximum absolute atomic E-state index is 11.7. The molecule has 1 atom stereocenters. The highest BCUT2D eigenvalue weighted by atomic mass is 16.6. The van der Waals surface area contributed by atoms with Crippen molar-refractivity contribution in [3.8, 4) is 5.75 Å². The molecule has 5 heteroatoms. The van der Waals surface area contributed by atoms with Crippen LogP contribution in [0.2, 0.25) is 0 Å². The first kappa shape index (κ1) is 12.7. The first-order chi connectivity index (χ1) is 8.56. The molecule has 0 bridgehead atoms. The van der Waals surface area contributed by atoms with Crippen molar-refractivity contribution in [2.24, 2.45) is 5.73 Å². The Morgan fingerprint density at radius 1 is 1.56 bits per heavy atom. The van der Waals surface area contributed by atoms with Gasteiger partial charge in [0.05, 0.1) is 13.7 Å². The van der Waals surface area contributed by atoms with E-state index in [0.717, 1.165) is 11.3 Å². The molecule has 0 aromatic heterocycles. The van der Waals surface area contributed by atoms with Gasteiger partial charge in [-0.2, -0.15) is 0 Å². The number of nitrogens with zero attached hydrogens (tertiary/aromatic N) is 1. The van der Waals surface area contributed by atoms with E-state index in [4.69, 9.17) is 15.2 Å². The number of methoxy groups -OCH3 is 1. The Balaban J connectivity index is 2.08. The minimum atomic E-state index is -0.573. The maximum atomic E-state index is 11.7. The van der Waals surface area contributed by atoms with Crippen LogP contribution in [0, 0.1) is 0 Å². The molecule has 2 rings (SSSR count). The van der Waals surface area contributed by atoms with E-state index in [1.165, 1.54) is 0 Å². The molecule has 0 saturated carbocycles. The number of nitrogens with two attached hydrogens (primary N) is 1. The summed E-state index contributed by atoms with van der Waals surface area (Å²) in [5.41, 5.74) is 6.04. The van der Waals surface area contributed by atoms with Gasteiger partial charge < -0.3 is 15.2 Å². The zero-order valence-electron chi connectivity index (χ0n) is 10.7. The maximum Gasteiger partial charge on any atom is 0.410 e. The molecule has 18 heavy (non-hydrogen) atoms. The SMILES string of the molecule is COc1cccc(CN2CC(C)(CN)OC2=O)c1. The standard InChI is InChI=1S/C13H18N2O3/c1-13(8-14)9-15(12(16)18-13)7-10-4-3-5-11(6-10)17-2/h3-6H,7-9,14H2,1-2H3. The Morgan fingerprint density at radius 2 is 2.33 bits per heavy atom. The molecule has 0 spiro atoms. The third-order valence-corrected chi connectivity index (χ3v) is 3.06. The van der Waals surface area contributed by atoms with Crippen molar-refractivity contribution >= 4 is 6.09 Å². The second kappa shape index (κ2) is 4.86. The summed E-state index contributed by atoms with van der Waals surface area (Å²) in [5, 5.41) is 0. The summed E-state index contributed by atoms with van der Waals surface area (Å²) in [6, 6.07) is 7.63. The van der Waals surface area contributed by atoms with Crippen LogP contribution in [0.25, 0.3) is 0 Å². The molecule has 0 radical (unpaired) electrons. The summed E-state index contributed by atoms with van der Waals surface area (Å²) in [6.45, 7) is 3.19. The molecule has 98 valence electrons. The number of benzene rings is 1. The highest BCUT2D eigenvalue weighted by molar-refractivity contribution is 5.70. The van der Waals surface area contributed by atoms with Gasteiger partial charge in [0.25, 0.3) is 0 Å². The van der Waals surface area contributed by atoms with Crippen LogP contribution < -0.4 is 10.5 Å². The molecule has 0 aliphatic carbocycles. The molecular weight excluding hydrogens is 232 g/mol. The molecule has 1 aromatic rings. The molecule has 1 saturated heterocycles. The predicted octanol–water partition coefficient (Wildman–Crippen LogP) is 1.36. The molecule has 1 aliphatic heterocycles. The Bertz CT molecular complexity index is 450. The number of cyclic esters (lactones) is 1. The highest BCUT2D eigenvalue weighted by Gasteiger charge is 2.40. The topological polar surface area (TPSA) is 64.8 Å². The second-order valence-electron chi connectivity index (χ2n) is 4.73. The Hall–Kier alpha value is -1.75. The van der Waals surface area contributed by atoms with E-state index in [9.17, 15) is 4.79 Å². The van der Waals surface area contributed by atoms with Crippen LogP contribution in [0.5, 0.6) is 5.75 Å². The first-order valence-electron chi connectivity index (χ1n) is 5.87. The van der Waals surface area contributed by atoms with Crippen LogP contribution >= 0.6 is 0 Å². The summed E-state index contributed by atoms with van der Waals surface area (Å²) >= 11 is 0. The minimum absolute atomic E-state index is 0.314. The Labute approximate surface area is 106 Å². The molecular formula is C13H18N2O3. The normalized spacial score (nSPS) is 23.1. The molecule has 1 unspecified atom stereocenters. The lowest BCUT2D eigenvalue weighted by molar-refractivity contribution is 0.0781. The van der Waals surface area contributed by atoms with Gasteiger partial charge in [0.1, 0.15) is 11.4 Å². The molecule has 5 nitrogen and oxygen atoms in total. The van der Waals surface area contributed by atoms with E-state index in [2.05, 4.69) is 0 Å². The quantitative estimate of drug-likeness (QED) is 0.876. The van der Waals surface area contributed by atoms with Gasteiger partial charge in [-0.25, -0.2) is 4.79 Å². The molecule has 2 N–H and O–H groups in total. The average molecular weight is 250 g/mol. The second-order valence-corrected chi connectivity index (χ2v) is 4.73. The lowest BCUT2D eigenvalue weighted by atomic mass is 10.1. The van der Waals surface area contributed by atoms with Crippen molar-refractivity contribution < 1.29 is 14.3 Å². The van der Waals surface area contributed by atoms with Crippen molar-refractivity contribution in [1.29, 1.82) is 0 Å². The number of carbonyl (C=O) groups excluding carboxylic acids is 1. The number of hydrogen-bond donors (Lipinski definition) is 1.